The van der Waals surface area contributed by atoms with Gasteiger partial charge in [-0.1, -0.05) is 16.8 Å². The van der Waals surface area contributed by atoms with Crippen LogP contribution in [-0.2, 0) is 0 Å². The van der Waals surface area contributed by atoms with Gasteiger partial charge in [-0.05, 0) is 36.4 Å². The molecule has 2 aromatic heterocycles. The molecule has 0 saturated heterocycles. The fourth-order valence-corrected chi connectivity index (χ4v) is 3.08. The summed E-state index contributed by atoms with van der Waals surface area (Å²) in [5.74, 6) is 0.603. The molecule has 29 heavy (non-hydrogen) atoms. The number of halogens is 1. The van der Waals surface area contributed by atoms with Crippen molar-refractivity contribution in [2.24, 2.45) is 0 Å². The number of nitrogens with one attached hydrogen (secondary N) is 1. The number of nitrogens with zero attached hydrogens (tertiary/aromatic N) is 4. The van der Waals surface area contributed by atoms with E-state index in [9.17, 15) is 4.79 Å². The van der Waals surface area contributed by atoms with Crippen LogP contribution in [0.5, 0.6) is 11.5 Å². The first kappa shape index (κ1) is 18.7. The number of rotatable bonds is 5. The molecule has 146 valence electrons. The zero-order chi connectivity index (χ0) is 20.4. The van der Waals surface area contributed by atoms with E-state index in [2.05, 4.69) is 20.6 Å². The summed E-state index contributed by atoms with van der Waals surface area (Å²) in [7, 11) is 3.02. The average molecular weight is 410 g/mol. The second kappa shape index (κ2) is 7.76. The number of aromatic nitrogens is 4. The van der Waals surface area contributed by atoms with Crippen molar-refractivity contribution in [3.8, 4) is 17.2 Å². The fourth-order valence-electron chi connectivity index (χ4n) is 2.84. The maximum absolute atomic E-state index is 12.7. The third-order valence-electron chi connectivity index (χ3n) is 4.30. The van der Waals surface area contributed by atoms with Gasteiger partial charge in [-0.3, -0.25) is 4.79 Å². The first-order valence-electron chi connectivity index (χ1n) is 8.60. The van der Waals surface area contributed by atoms with E-state index < -0.39 is 0 Å². The van der Waals surface area contributed by atoms with Gasteiger partial charge < -0.3 is 14.8 Å². The van der Waals surface area contributed by atoms with Gasteiger partial charge in [0.15, 0.2) is 5.65 Å². The van der Waals surface area contributed by atoms with Crippen molar-refractivity contribution in [1.82, 2.24) is 20.0 Å². The van der Waals surface area contributed by atoms with Crippen LogP contribution < -0.4 is 14.8 Å². The number of amides is 1. The molecule has 0 radical (unpaired) electrons. The Morgan fingerprint density at radius 2 is 1.90 bits per heavy atom. The Bertz CT molecular complexity index is 1190. The molecular weight excluding hydrogens is 394 g/mol. The summed E-state index contributed by atoms with van der Waals surface area (Å²) in [5, 5.41) is 11.3. The summed E-state index contributed by atoms with van der Waals surface area (Å²) in [6.07, 6.45) is 1.68. The lowest BCUT2D eigenvalue weighted by molar-refractivity contribution is 0.102. The van der Waals surface area contributed by atoms with Crippen molar-refractivity contribution < 1.29 is 14.3 Å². The average Bonchev–Trinajstić information content (AvgIpc) is 3.19. The highest BCUT2D eigenvalue weighted by molar-refractivity contribution is 6.34. The van der Waals surface area contributed by atoms with Crippen LogP contribution in [0.4, 0.5) is 5.69 Å². The van der Waals surface area contributed by atoms with Gasteiger partial charge in [0.2, 0.25) is 0 Å². The highest BCUT2D eigenvalue weighted by atomic mass is 35.5. The number of hydrogen-bond donors (Lipinski definition) is 1. The summed E-state index contributed by atoms with van der Waals surface area (Å²) < 4.78 is 12.1. The number of benzene rings is 2. The molecule has 0 bridgehead atoms. The Kier molecular flexibility index (Phi) is 5.01. The largest absolute Gasteiger partial charge is 0.497 e. The molecule has 2 aromatic carbocycles. The zero-order valence-electron chi connectivity index (χ0n) is 15.6. The van der Waals surface area contributed by atoms with Crippen molar-refractivity contribution >= 4 is 34.4 Å². The molecule has 4 aromatic rings. The predicted octanol–water partition coefficient (Wildman–Crippen LogP) is 3.74. The lowest BCUT2D eigenvalue weighted by atomic mass is 10.2. The normalized spacial score (nSPS) is 10.7. The lowest BCUT2D eigenvalue weighted by Crippen LogP contribution is -2.13. The number of carbonyl (C=O) groups is 1. The summed E-state index contributed by atoms with van der Waals surface area (Å²) in [6, 6.07) is 13.8. The second-order valence-electron chi connectivity index (χ2n) is 6.03. The van der Waals surface area contributed by atoms with Gasteiger partial charge in [0.1, 0.15) is 22.7 Å². The van der Waals surface area contributed by atoms with Crippen LogP contribution in [0, 0.1) is 0 Å². The maximum atomic E-state index is 12.7. The summed E-state index contributed by atoms with van der Waals surface area (Å²) in [5.41, 5.74) is 2.88. The van der Waals surface area contributed by atoms with Crippen molar-refractivity contribution in [2.45, 2.75) is 0 Å². The minimum Gasteiger partial charge on any atom is -0.497 e. The van der Waals surface area contributed by atoms with Gasteiger partial charge in [-0.2, -0.15) is 4.68 Å². The van der Waals surface area contributed by atoms with Gasteiger partial charge in [0, 0.05) is 23.9 Å². The Hall–Kier alpha value is -3.65. The minimum atomic E-state index is -0.330. The lowest BCUT2D eigenvalue weighted by Gasteiger charge is -2.14. The molecule has 0 aliphatic rings. The van der Waals surface area contributed by atoms with Crippen molar-refractivity contribution in [2.75, 3.05) is 19.5 Å². The van der Waals surface area contributed by atoms with Crippen LogP contribution in [0.15, 0.2) is 54.7 Å². The van der Waals surface area contributed by atoms with E-state index in [0.717, 1.165) is 5.69 Å². The fraction of sp³-hybridized carbons (Fsp3) is 0.100. The molecule has 2 heterocycles. The topological polar surface area (TPSA) is 91.2 Å². The highest BCUT2D eigenvalue weighted by Gasteiger charge is 2.16. The molecule has 0 atom stereocenters. The maximum Gasteiger partial charge on any atom is 0.255 e. The second-order valence-corrected chi connectivity index (χ2v) is 6.44. The van der Waals surface area contributed by atoms with Crippen molar-refractivity contribution in [1.29, 1.82) is 0 Å². The summed E-state index contributed by atoms with van der Waals surface area (Å²) in [6.45, 7) is 0. The molecule has 0 fully saturated rings. The van der Waals surface area contributed by atoms with Crippen LogP contribution in [0.1, 0.15) is 10.4 Å². The molecule has 0 saturated carbocycles. The monoisotopic (exact) mass is 409 g/mol. The van der Waals surface area contributed by atoms with Gasteiger partial charge in [-0.25, -0.2) is 4.98 Å². The minimum absolute atomic E-state index is 0.311. The van der Waals surface area contributed by atoms with E-state index in [0.29, 0.717) is 38.9 Å². The van der Waals surface area contributed by atoms with E-state index in [4.69, 9.17) is 21.1 Å². The smallest absolute Gasteiger partial charge is 0.255 e. The molecule has 0 aliphatic carbocycles. The van der Waals surface area contributed by atoms with E-state index in [1.165, 1.54) is 14.2 Å². The van der Waals surface area contributed by atoms with E-state index in [-0.39, 0.29) is 5.91 Å². The third kappa shape index (κ3) is 3.57. The van der Waals surface area contributed by atoms with Crippen LogP contribution in [0.3, 0.4) is 0 Å². The molecule has 1 amide bonds. The van der Waals surface area contributed by atoms with Gasteiger partial charge in [-0.15, -0.1) is 5.10 Å². The number of methoxy groups -OCH3 is 2. The standard InChI is InChI=1S/C20H16ClN5O3/c1-28-14-10-15(21)18(17(11-14)29-2)23-20(27)12-5-7-13(8-6-12)26-19-16(24-25-26)4-3-9-22-19/h3-11H,1-2H3,(H,23,27). The van der Waals surface area contributed by atoms with E-state index in [1.807, 2.05) is 6.07 Å². The van der Waals surface area contributed by atoms with Gasteiger partial charge in [0.25, 0.3) is 5.91 Å². The SMILES string of the molecule is COc1cc(Cl)c(NC(=O)c2ccc(-n3nnc4cccnc43)cc2)c(OC)c1. The molecule has 1 N–H and O–H groups in total. The van der Waals surface area contributed by atoms with E-state index >= 15 is 0 Å². The molecule has 8 nitrogen and oxygen atoms in total. The first-order valence-corrected chi connectivity index (χ1v) is 8.98. The van der Waals surface area contributed by atoms with Crippen LogP contribution in [-0.4, -0.2) is 40.1 Å². The molecule has 9 heteroatoms. The molecular formula is C20H16ClN5O3. The Morgan fingerprint density at radius 1 is 1.10 bits per heavy atom. The Labute approximate surface area is 171 Å². The zero-order valence-corrected chi connectivity index (χ0v) is 16.3. The number of ether oxygens (including phenoxy) is 2. The van der Waals surface area contributed by atoms with E-state index in [1.54, 1.807) is 53.3 Å². The third-order valence-corrected chi connectivity index (χ3v) is 4.60. The molecule has 0 spiro atoms. The van der Waals surface area contributed by atoms with Crippen molar-refractivity contribution in [3.05, 3.63) is 65.3 Å². The highest BCUT2D eigenvalue weighted by Crippen LogP contribution is 2.37. The number of hydrogen-bond acceptors (Lipinski definition) is 6. The van der Waals surface area contributed by atoms with Gasteiger partial charge in [0.05, 0.1) is 24.9 Å². The van der Waals surface area contributed by atoms with Crippen LogP contribution >= 0.6 is 11.6 Å². The predicted molar refractivity (Wildman–Crippen MR) is 109 cm³/mol. The summed E-state index contributed by atoms with van der Waals surface area (Å²) >= 11 is 6.27. The molecule has 4 rings (SSSR count). The quantitative estimate of drug-likeness (QED) is 0.540. The van der Waals surface area contributed by atoms with Crippen LogP contribution in [0.2, 0.25) is 5.02 Å². The number of carbonyl (C=O) groups excluding carboxylic acids is 1. The number of anilines is 1. The Morgan fingerprint density at radius 3 is 2.62 bits per heavy atom. The Balaban J connectivity index is 1.59. The summed E-state index contributed by atoms with van der Waals surface area (Å²) in [4.78, 5) is 17.0. The molecule has 0 aliphatic heterocycles. The van der Waals surface area contributed by atoms with Crippen molar-refractivity contribution in [3.63, 3.8) is 0 Å². The first-order chi connectivity index (χ1) is 14.1. The number of pyridine rings is 1. The van der Waals surface area contributed by atoms with Gasteiger partial charge >= 0.3 is 0 Å². The van der Waals surface area contributed by atoms with Crippen LogP contribution in [0.25, 0.3) is 16.9 Å². The molecule has 0 unspecified atom stereocenters. The number of fused-ring (bicyclic) bond motifs is 1.